The molecule has 2 N–H and O–H groups in total. The van der Waals surface area contributed by atoms with Crippen molar-refractivity contribution in [3.63, 3.8) is 0 Å². The topological polar surface area (TPSA) is 78.9 Å². The van der Waals surface area contributed by atoms with Crippen molar-refractivity contribution in [1.82, 2.24) is 20.2 Å². The lowest BCUT2D eigenvalue weighted by molar-refractivity contribution is 0.0548. The molecule has 1 aliphatic heterocycles. The van der Waals surface area contributed by atoms with Gasteiger partial charge in [0, 0.05) is 17.9 Å². The van der Waals surface area contributed by atoms with Gasteiger partial charge in [0.25, 0.3) is 0 Å². The maximum Gasteiger partial charge on any atom is 0.184 e. The van der Waals surface area contributed by atoms with Crippen LogP contribution in [0.5, 0.6) is 0 Å². The molecule has 2 heterocycles. The van der Waals surface area contributed by atoms with Crippen molar-refractivity contribution in [2.75, 3.05) is 18.9 Å². The molecule has 3 rings (SSSR count). The number of hydrogen-bond acceptors (Lipinski definition) is 5. The van der Waals surface area contributed by atoms with E-state index >= 15 is 0 Å². The summed E-state index contributed by atoms with van der Waals surface area (Å²) in [4.78, 5) is 0. The Morgan fingerprint density at radius 3 is 3.11 bits per heavy atom. The quantitative estimate of drug-likeness (QED) is 0.828. The Labute approximate surface area is 111 Å². The minimum atomic E-state index is 0.193. The van der Waals surface area contributed by atoms with E-state index in [0.717, 1.165) is 36.4 Å². The van der Waals surface area contributed by atoms with E-state index in [2.05, 4.69) is 15.5 Å². The van der Waals surface area contributed by atoms with Crippen LogP contribution in [0, 0.1) is 6.92 Å². The van der Waals surface area contributed by atoms with E-state index in [9.17, 15) is 0 Å². The molecule has 0 amide bonds. The van der Waals surface area contributed by atoms with Crippen LogP contribution >= 0.6 is 0 Å². The largest absolute Gasteiger partial charge is 0.398 e. The fourth-order valence-electron chi connectivity index (χ4n) is 2.40. The molecule has 0 aliphatic carbocycles. The molecule has 1 aromatic heterocycles. The Balaban J connectivity index is 2.01. The number of nitrogen functional groups attached to an aromatic ring is 1. The Kier molecular flexibility index (Phi) is 3.16. The molecular weight excluding hydrogens is 242 g/mol. The van der Waals surface area contributed by atoms with Gasteiger partial charge in [-0.25, -0.2) is 4.68 Å². The molecule has 1 aliphatic rings. The number of aryl methyl sites for hydroxylation is 1. The Morgan fingerprint density at radius 2 is 2.32 bits per heavy atom. The summed E-state index contributed by atoms with van der Waals surface area (Å²) in [5.74, 6) is 0.719. The number of benzene rings is 1. The number of ether oxygens (including phenoxy) is 1. The maximum atomic E-state index is 6.04. The summed E-state index contributed by atoms with van der Waals surface area (Å²) < 4.78 is 7.34. The third kappa shape index (κ3) is 2.31. The van der Waals surface area contributed by atoms with Gasteiger partial charge in [0.05, 0.1) is 12.6 Å². The summed E-state index contributed by atoms with van der Waals surface area (Å²) in [5.41, 5.74) is 8.75. The van der Waals surface area contributed by atoms with Gasteiger partial charge >= 0.3 is 0 Å². The number of hydrogen-bond donors (Lipinski definition) is 1. The molecule has 1 aromatic carbocycles. The molecule has 1 atom stereocenters. The van der Waals surface area contributed by atoms with Crippen molar-refractivity contribution in [2.45, 2.75) is 25.8 Å². The number of rotatable bonds is 2. The molecular formula is C13H17N5O. The van der Waals surface area contributed by atoms with Gasteiger partial charge in [-0.15, -0.1) is 5.10 Å². The van der Waals surface area contributed by atoms with E-state index in [1.54, 1.807) is 0 Å². The first-order valence-corrected chi connectivity index (χ1v) is 6.48. The first kappa shape index (κ1) is 12.1. The fourth-order valence-corrected chi connectivity index (χ4v) is 2.40. The molecule has 0 radical (unpaired) electrons. The van der Waals surface area contributed by atoms with Crippen LogP contribution in [0.4, 0.5) is 5.69 Å². The molecule has 1 fully saturated rings. The maximum absolute atomic E-state index is 6.04. The second kappa shape index (κ2) is 4.97. The van der Waals surface area contributed by atoms with Crippen LogP contribution in [0.2, 0.25) is 0 Å². The van der Waals surface area contributed by atoms with Crippen molar-refractivity contribution in [3.05, 3.63) is 23.8 Å². The smallest absolute Gasteiger partial charge is 0.184 e. The second-order valence-corrected chi connectivity index (χ2v) is 4.91. The summed E-state index contributed by atoms with van der Waals surface area (Å²) in [7, 11) is 0. The zero-order valence-corrected chi connectivity index (χ0v) is 10.9. The van der Waals surface area contributed by atoms with Crippen molar-refractivity contribution < 1.29 is 4.74 Å². The summed E-state index contributed by atoms with van der Waals surface area (Å²) in [6.07, 6.45) is 2.07. The normalized spacial score (nSPS) is 19.5. The van der Waals surface area contributed by atoms with Gasteiger partial charge in [-0.05, 0) is 42.3 Å². The summed E-state index contributed by atoms with van der Waals surface area (Å²) in [5, 5.41) is 12.0. The summed E-state index contributed by atoms with van der Waals surface area (Å²) >= 11 is 0. The zero-order valence-electron chi connectivity index (χ0n) is 10.9. The summed E-state index contributed by atoms with van der Waals surface area (Å²) in [6, 6.07) is 6.08. The minimum Gasteiger partial charge on any atom is -0.398 e. The highest BCUT2D eigenvalue weighted by molar-refractivity contribution is 5.72. The Bertz CT molecular complexity index is 574. The number of tetrazole rings is 1. The number of aromatic nitrogens is 4. The lowest BCUT2D eigenvalue weighted by Gasteiger charge is -2.22. The van der Waals surface area contributed by atoms with Crippen molar-refractivity contribution >= 4 is 5.69 Å². The number of nitrogens with two attached hydrogens (primary N) is 1. The van der Waals surface area contributed by atoms with Crippen molar-refractivity contribution in [3.8, 4) is 11.4 Å². The van der Waals surface area contributed by atoms with Crippen LogP contribution in [0.15, 0.2) is 18.2 Å². The molecule has 19 heavy (non-hydrogen) atoms. The van der Waals surface area contributed by atoms with Gasteiger partial charge in [0.1, 0.15) is 0 Å². The summed E-state index contributed by atoms with van der Waals surface area (Å²) in [6.45, 7) is 3.51. The lowest BCUT2D eigenvalue weighted by atomic mass is 10.1. The van der Waals surface area contributed by atoms with E-state index < -0.39 is 0 Å². The van der Waals surface area contributed by atoms with Crippen LogP contribution in [0.3, 0.4) is 0 Å². The standard InChI is InChI=1S/C13H17N5O/c1-9-4-5-12(14)11(7-9)13-15-16-17-18(13)10-3-2-6-19-8-10/h4-5,7,10H,2-3,6,8,14H2,1H3. The predicted molar refractivity (Wildman–Crippen MR) is 71.5 cm³/mol. The molecule has 0 spiro atoms. The van der Waals surface area contributed by atoms with E-state index in [0.29, 0.717) is 12.3 Å². The minimum absolute atomic E-state index is 0.193. The van der Waals surface area contributed by atoms with Crippen LogP contribution in [-0.4, -0.2) is 33.4 Å². The fraction of sp³-hybridized carbons (Fsp3) is 0.462. The first-order valence-electron chi connectivity index (χ1n) is 6.48. The van der Waals surface area contributed by atoms with Gasteiger partial charge in [-0.2, -0.15) is 0 Å². The van der Waals surface area contributed by atoms with Gasteiger partial charge in [-0.3, -0.25) is 0 Å². The molecule has 1 saturated heterocycles. The lowest BCUT2D eigenvalue weighted by Crippen LogP contribution is -2.23. The molecule has 1 unspecified atom stereocenters. The van der Waals surface area contributed by atoms with Crippen molar-refractivity contribution in [2.24, 2.45) is 0 Å². The average molecular weight is 259 g/mol. The van der Waals surface area contributed by atoms with E-state index in [1.165, 1.54) is 0 Å². The van der Waals surface area contributed by atoms with Crippen molar-refractivity contribution in [1.29, 1.82) is 0 Å². The van der Waals surface area contributed by atoms with E-state index in [-0.39, 0.29) is 6.04 Å². The zero-order chi connectivity index (χ0) is 13.2. The average Bonchev–Trinajstić information content (AvgIpc) is 2.91. The second-order valence-electron chi connectivity index (χ2n) is 4.91. The van der Waals surface area contributed by atoms with Gasteiger partial charge in [0.15, 0.2) is 5.82 Å². The Hall–Kier alpha value is -1.95. The highest BCUT2D eigenvalue weighted by atomic mass is 16.5. The molecule has 6 heteroatoms. The van der Waals surface area contributed by atoms with E-state index in [4.69, 9.17) is 10.5 Å². The molecule has 100 valence electrons. The highest BCUT2D eigenvalue weighted by Crippen LogP contribution is 2.28. The Morgan fingerprint density at radius 1 is 1.42 bits per heavy atom. The third-order valence-corrected chi connectivity index (χ3v) is 3.42. The molecule has 0 bridgehead atoms. The molecule has 6 nitrogen and oxygen atoms in total. The van der Waals surface area contributed by atoms with Crippen LogP contribution < -0.4 is 5.73 Å². The molecule has 0 saturated carbocycles. The molecule has 2 aromatic rings. The first-order chi connectivity index (χ1) is 9.25. The van der Waals surface area contributed by atoms with E-state index in [1.807, 2.05) is 29.8 Å². The third-order valence-electron chi connectivity index (χ3n) is 3.42. The number of anilines is 1. The van der Waals surface area contributed by atoms with Crippen LogP contribution in [0.25, 0.3) is 11.4 Å². The SMILES string of the molecule is Cc1ccc(N)c(-c2nnnn2C2CCCOC2)c1. The van der Waals surface area contributed by atoms with Gasteiger partial charge in [-0.1, -0.05) is 11.6 Å². The highest BCUT2D eigenvalue weighted by Gasteiger charge is 2.22. The predicted octanol–water partition coefficient (Wildman–Crippen LogP) is 1.58. The number of nitrogens with zero attached hydrogens (tertiary/aromatic N) is 4. The van der Waals surface area contributed by atoms with Gasteiger partial charge in [0.2, 0.25) is 0 Å². The van der Waals surface area contributed by atoms with Gasteiger partial charge < -0.3 is 10.5 Å². The monoisotopic (exact) mass is 259 g/mol. The van der Waals surface area contributed by atoms with Crippen LogP contribution in [-0.2, 0) is 4.74 Å². The van der Waals surface area contributed by atoms with Crippen LogP contribution in [0.1, 0.15) is 24.4 Å².